The van der Waals surface area contributed by atoms with Gasteiger partial charge in [-0.3, -0.25) is 9.59 Å². The van der Waals surface area contributed by atoms with Crippen LogP contribution in [0.25, 0.3) is 0 Å². The Morgan fingerprint density at radius 3 is 2.84 bits per heavy atom. The fourth-order valence-electron chi connectivity index (χ4n) is 5.05. The van der Waals surface area contributed by atoms with Crippen molar-refractivity contribution in [2.45, 2.75) is 43.4 Å². The van der Waals surface area contributed by atoms with Gasteiger partial charge in [0, 0.05) is 18.0 Å². The Balaban J connectivity index is 1.43. The van der Waals surface area contributed by atoms with Crippen molar-refractivity contribution in [3.8, 4) is 0 Å². The molecule has 25 heavy (non-hydrogen) atoms. The molecule has 132 valence electrons. The summed E-state index contributed by atoms with van der Waals surface area (Å²) >= 11 is 0. The third-order valence-electron chi connectivity index (χ3n) is 6.34. The molecule has 1 unspecified atom stereocenters. The van der Waals surface area contributed by atoms with Gasteiger partial charge in [0.15, 0.2) is 0 Å². The standard InChI is InChI=1S/C18H20FN3O3/c19-11-3-4-13(21-7-11)16(23)22-8-9-5-12-14(15(22)18(12,20)6-9)25-17(24)10-1-2-10/h3-4,7,9-10,12,14-15H,1-2,5-6,8,20H2/t9-,12-,14-,15-,18?/m1/s1. The van der Waals surface area contributed by atoms with Crippen LogP contribution in [-0.4, -0.2) is 46.0 Å². The number of amides is 1. The maximum absolute atomic E-state index is 13.1. The minimum absolute atomic E-state index is 0.0225. The first-order valence-corrected chi connectivity index (χ1v) is 8.89. The van der Waals surface area contributed by atoms with Crippen molar-refractivity contribution in [3.63, 3.8) is 0 Å². The number of nitrogens with two attached hydrogens (primary N) is 1. The molecule has 1 amide bonds. The molecule has 5 atom stereocenters. The summed E-state index contributed by atoms with van der Waals surface area (Å²) in [7, 11) is 0. The van der Waals surface area contributed by atoms with Gasteiger partial charge in [-0.2, -0.15) is 0 Å². The summed E-state index contributed by atoms with van der Waals surface area (Å²) in [6, 6.07) is 2.31. The number of hydrogen-bond acceptors (Lipinski definition) is 5. The van der Waals surface area contributed by atoms with E-state index in [2.05, 4.69) is 4.98 Å². The minimum Gasteiger partial charge on any atom is -0.460 e. The molecule has 5 rings (SSSR count). The van der Waals surface area contributed by atoms with Gasteiger partial charge >= 0.3 is 5.97 Å². The van der Waals surface area contributed by atoms with Gasteiger partial charge in [-0.1, -0.05) is 0 Å². The molecule has 3 aliphatic carbocycles. The van der Waals surface area contributed by atoms with Crippen molar-refractivity contribution in [2.75, 3.05) is 6.54 Å². The Morgan fingerprint density at radius 1 is 1.36 bits per heavy atom. The lowest BCUT2D eigenvalue weighted by molar-refractivity contribution is -0.180. The van der Waals surface area contributed by atoms with E-state index in [1.165, 1.54) is 12.1 Å². The molecule has 0 aromatic carbocycles. The van der Waals surface area contributed by atoms with Gasteiger partial charge in [-0.15, -0.1) is 0 Å². The topological polar surface area (TPSA) is 85.5 Å². The van der Waals surface area contributed by atoms with E-state index in [1.807, 2.05) is 0 Å². The first-order chi connectivity index (χ1) is 12.0. The van der Waals surface area contributed by atoms with Crippen molar-refractivity contribution >= 4 is 11.9 Å². The highest BCUT2D eigenvalue weighted by atomic mass is 19.1. The molecule has 1 aromatic rings. The predicted molar refractivity (Wildman–Crippen MR) is 84.8 cm³/mol. The van der Waals surface area contributed by atoms with Gasteiger partial charge in [0.25, 0.3) is 5.91 Å². The van der Waals surface area contributed by atoms with Crippen LogP contribution in [0, 0.1) is 23.6 Å². The summed E-state index contributed by atoms with van der Waals surface area (Å²) in [6.45, 7) is 0.593. The summed E-state index contributed by atoms with van der Waals surface area (Å²) < 4.78 is 18.9. The van der Waals surface area contributed by atoms with E-state index >= 15 is 0 Å². The number of aromatic nitrogens is 1. The molecule has 3 saturated carbocycles. The molecule has 7 heteroatoms. The van der Waals surface area contributed by atoms with Crippen LogP contribution in [0.5, 0.6) is 0 Å². The number of fused-ring (bicyclic) bond motifs is 1. The summed E-state index contributed by atoms with van der Waals surface area (Å²) in [5.41, 5.74) is 6.33. The van der Waals surface area contributed by atoms with E-state index in [9.17, 15) is 14.0 Å². The van der Waals surface area contributed by atoms with Crippen LogP contribution in [0.2, 0.25) is 0 Å². The minimum atomic E-state index is -0.481. The lowest BCUT2D eigenvalue weighted by atomic mass is 9.61. The molecule has 6 nitrogen and oxygen atoms in total. The van der Waals surface area contributed by atoms with E-state index in [4.69, 9.17) is 10.5 Å². The average Bonchev–Trinajstić information content (AvgIpc) is 3.41. The maximum atomic E-state index is 13.1. The van der Waals surface area contributed by atoms with E-state index < -0.39 is 11.4 Å². The van der Waals surface area contributed by atoms with Gasteiger partial charge in [-0.25, -0.2) is 9.37 Å². The fraction of sp³-hybridized carbons (Fsp3) is 0.611. The van der Waals surface area contributed by atoms with Gasteiger partial charge in [-0.05, 0) is 43.7 Å². The number of esters is 1. The third kappa shape index (κ3) is 2.14. The van der Waals surface area contributed by atoms with Gasteiger partial charge in [0.2, 0.25) is 0 Å². The number of rotatable bonds is 3. The highest BCUT2D eigenvalue weighted by Crippen LogP contribution is 2.58. The third-order valence-corrected chi connectivity index (χ3v) is 6.34. The molecular formula is C18H20FN3O3. The Kier molecular flexibility index (Phi) is 3.05. The van der Waals surface area contributed by atoms with Crippen LogP contribution >= 0.6 is 0 Å². The van der Waals surface area contributed by atoms with Crippen molar-refractivity contribution in [1.29, 1.82) is 0 Å². The molecule has 1 saturated heterocycles. The number of carbonyl (C=O) groups is 2. The van der Waals surface area contributed by atoms with Gasteiger partial charge in [0.1, 0.15) is 17.6 Å². The molecule has 0 spiro atoms. The van der Waals surface area contributed by atoms with Crippen LogP contribution in [-0.2, 0) is 9.53 Å². The van der Waals surface area contributed by atoms with Crippen LogP contribution in [0.1, 0.15) is 36.2 Å². The average molecular weight is 345 g/mol. The zero-order valence-corrected chi connectivity index (χ0v) is 13.7. The summed E-state index contributed by atoms with van der Waals surface area (Å²) in [5.74, 6) is -0.434. The predicted octanol–water partition coefficient (Wildman–Crippen LogP) is 1.10. The van der Waals surface area contributed by atoms with Crippen molar-refractivity contribution in [2.24, 2.45) is 23.5 Å². The van der Waals surface area contributed by atoms with E-state index in [-0.39, 0.29) is 41.6 Å². The quantitative estimate of drug-likeness (QED) is 0.830. The van der Waals surface area contributed by atoms with Gasteiger partial charge < -0.3 is 15.4 Å². The normalized spacial score (nSPS) is 38.2. The van der Waals surface area contributed by atoms with Crippen LogP contribution in [0.3, 0.4) is 0 Å². The molecular weight excluding hydrogens is 325 g/mol. The van der Waals surface area contributed by atoms with Crippen LogP contribution < -0.4 is 5.73 Å². The van der Waals surface area contributed by atoms with Crippen molar-refractivity contribution in [1.82, 2.24) is 9.88 Å². The summed E-state index contributed by atoms with van der Waals surface area (Å²) in [4.78, 5) is 30.7. The molecule has 0 radical (unpaired) electrons. The Hall–Kier alpha value is -2.02. The lowest BCUT2D eigenvalue weighted by Crippen LogP contribution is -2.79. The number of piperidine rings is 1. The highest BCUT2D eigenvalue weighted by molar-refractivity contribution is 5.93. The number of carbonyl (C=O) groups excluding carboxylic acids is 2. The lowest BCUT2D eigenvalue weighted by Gasteiger charge is -2.59. The largest absolute Gasteiger partial charge is 0.460 e. The molecule has 4 fully saturated rings. The highest BCUT2D eigenvalue weighted by Gasteiger charge is 2.71. The molecule has 4 aliphatic rings. The van der Waals surface area contributed by atoms with Crippen LogP contribution in [0.4, 0.5) is 4.39 Å². The number of pyridine rings is 1. The number of nitrogens with zero attached hydrogens (tertiary/aromatic N) is 2. The Bertz CT molecular complexity index is 750. The fourth-order valence-corrected chi connectivity index (χ4v) is 5.05. The SMILES string of the molecule is NC12C[C@H]3C[C@@H]1[C@@H](OC(=O)C1CC1)[C@H]2N(C(=O)c1ccc(F)cn1)C3. The monoisotopic (exact) mass is 345 g/mol. The second kappa shape index (κ2) is 5.00. The Labute approximate surface area is 144 Å². The molecule has 1 aliphatic heterocycles. The molecule has 1 aromatic heterocycles. The zero-order chi connectivity index (χ0) is 17.3. The van der Waals surface area contributed by atoms with Gasteiger partial charge in [0.05, 0.1) is 18.2 Å². The summed E-state index contributed by atoms with van der Waals surface area (Å²) in [5, 5.41) is 0. The van der Waals surface area contributed by atoms with Crippen LogP contribution in [0.15, 0.2) is 18.3 Å². The van der Waals surface area contributed by atoms with Crippen molar-refractivity contribution < 1.29 is 18.7 Å². The van der Waals surface area contributed by atoms with E-state index in [0.29, 0.717) is 12.5 Å². The summed E-state index contributed by atoms with van der Waals surface area (Å²) in [6.07, 6.45) is 4.24. The molecule has 2 bridgehead atoms. The number of ether oxygens (including phenoxy) is 1. The second-order valence-corrected chi connectivity index (χ2v) is 7.96. The van der Waals surface area contributed by atoms with E-state index in [0.717, 1.165) is 31.9 Å². The first-order valence-electron chi connectivity index (χ1n) is 8.89. The number of likely N-dealkylation sites (tertiary alicyclic amines) is 1. The first kappa shape index (κ1) is 15.3. The second-order valence-electron chi connectivity index (χ2n) is 7.96. The number of halogens is 1. The van der Waals surface area contributed by atoms with Crippen molar-refractivity contribution in [3.05, 3.63) is 29.8 Å². The van der Waals surface area contributed by atoms with E-state index in [1.54, 1.807) is 4.90 Å². The maximum Gasteiger partial charge on any atom is 0.309 e. The smallest absolute Gasteiger partial charge is 0.309 e. The molecule has 2 heterocycles. The number of hydrogen-bond donors (Lipinski definition) is 1. The Morgan fingerprint density at radius 2 is 2.16 bits per heavy atom. The molecule has 2 N–H and O–H groups in total. The zero-order valence-electron chi connectivity index (χ0n) is 13.7.